The van der Waals surface area contributed by atoms with Crippen LogP contribution in [-0.2, 0) is 16.4 Å². The zero-order chi connectivity index (χ0) is 24.7. The number of aryl methyl sites for hydroxylation is 2. The van der Waals surface area contributed by atoms with Crippen molar-refractivity contribution in [3.05, 3.63) is 77.5 Å². The van der Waals surface area contributed by atoms with Gasteiger partial charge in [0.2, 0.25) is 5.88 Å². The first-order valence-corrected chi connectivity index (χ1v) is 12.4. The molecular formula is C26H29N3O4S. The molecule has 0 spiro atoms. The fraction of sp³-hybridized carbons (Fsp3) is 0.269. The van der Waals surface area contributed by atoms with Gasteiger partial charge in [-0.05, 0) is 56.5 Å². The third-order valence-corrected chi connectivity index (χ3v) is 7.07. The molecule has 34 heavy (non-hydrogen) atoms. The monoisotopic (exact) mass is 479 g/mol. The first kappa shape index (κ1) is 23.6. The van der Waals surface area contributed by atoms with E-state index in [0.717, 1.165) is 34.4 Å². The number of hydrogen-bond donors (Lipinski definition) is 2. The van der Waals surface area contributed by atoms with Crippen molar-refractivity contribution in [3.8, 4) is 11.6 Å². The molecule has 1 aliphatic rings. The number of aromatic nitrogens is 1. The van der Waals surface area contributed by atoms with Crippen molar-refractivity contribution < 1.29 is 17.9 Å². The molecule has 2 N–H and O–H groups in total. The number of anilines is 2. The van der Waals surface area contributed by atoms with Gasteiger partial charge in [-0.25, -0.2) is 13.4 Å². The van der Waals surface area contributed by atoms with E-state index in [0.29, 0.717) is 17.1 Å². The highest BCUT2D eigenvalue weighted by Gasteiger charge is 2.32. The molecule has 0 bridgehead atoms. The van der Waals surface area contributed by atoms with Crippen LogP contribution in [0.2, 0.25) is 0 Å². The maximum atomic E-state index is 13.3. The minimum Gasteiger partial charge on any atom is -0.487 e. The zero-order valence-corrected chi connectivity index (χ0v) is 20.8. The summed E-state index contributed by atoms with van der Waals surface area (Å²) in [6, 6.07) is 13.0. The summed E-state index contributed by atoms with van der Waals surface area (Å²) in [5, 5.41) is 3.18. The first-order chi connectivity index (χ1) is 16.0. The lowest BCUT2D eigenvalue weighted by molar-refractivity contribution is 0.138. The summed E-state index contributed by atoms with van der Waals surface area (Å²) < 4.78 is 40.7. The Morgan fingerprint density at radius 3 is 2.50 bits per heavy atom. The molecule has 3 aromatic rings. The van der Waals surface area contributed by atoms with Crippen LogP contribution in [0.1, 0.15) is 36.1 Å². The number of pyridine rings is 1. The summed E-state index contributed by atoms with van der Waals surface area (Å²) >= 11 is 0. The Morgan fingerprint density at radius 2 is 1.82 bits per heavy atom. The predicted molar refractivity (Wildman–Crippen MR) is 135 cm³/mol. The van der Waals surface area contributed by atoms with Crippen LogP contribution in [0.5, 0.6) is 11.6 Å². The third kappa shape index (κ3) is 4.59. The van der Waals surface area contributed by atoms with Crippen molar-refractivity contribution >= 4 is 27.1 Å². The van der Waals surface area contributed by atoms with Gasteiger partial charge in [0.25, 0.3) is 10.0 Å². The Balaban J connectivity index is 1.65. The van der Waals surface area contributed by atoms with Crippen LogP contribution >= 0.6 is 0 Å². The van der Waals surface area contributed by atoms with Crippen LogP contribution in [0.25, 0.3) is 5.70 Å². The summed E-state index contributed by atoms with van der Waals surface area (Å²) in [5.74, 6) is 0.789. The van der Waals surface area contributed by atoms with Crippen molar-refractivity contribution in [1.29, 1.82) is 0 Å². The second-order valence-electron chi connectivity index (χ2n) is 9.04. The van der Waals surface area contributed by atoms with Gasteiger partial charge in [-0.1, -0.05) is 36.9 Å². The molecular weight excluding hydrogens is 450 g/mol. The number of hydrogen-bond acceptors (Lipinski definition) is 6. The highest BCUT2D eigenvalue weighted by Crippen LogP contribution is 2.40. The van der Waals surface area contributed by atoms with E-state index in [4.69, 9.17) is 9.47 Å². The van der Waals surface area contributed by atoms with Crippen molar-refractivity contribution in [2.45, 2.75) is 44.6 Å². The summed E-state index contributed by atoms with van der Waals surface area (Å²) in [5.41, 5.74) is 4.84. The predicted octanol–water partition coefficient (Wildman–Crippen LogP) is 5.30. The fourth-order valence-corrected chi connectivity index (χ4v) is 5.45. The van der Waals surface area contributed by atoms with Gasteiger partial charge in [0.1, 0.15) is 11.4 Å². The van der Waals surface area contributed by atoms with Gasteiger partial charge in [0, 0.05) is 17.7 Å². The van der Waals surface area contributed by atoms with Crippen molar-refractivity contribution in [2.75, 3.05) is 17.1 Å². The number of benzene rings is 2. The van der Waals surface area contributed by atoms with Gasteiger partial charge in [-0.3, -0.25) is 4.72 Å². The maximum Gasteiger partial charge on any atom is 0.267 e. The molecule has 7 nitrogen and oxygen atoms in total. The smallest absolute Gasteiger partial charge is 0.267 e. The first-order valence-electron chi connectivity index (χ1n) is 10.9. The number of nitrogens with one attached hydrogen (secondary N) is 2. The molecule has 0 saturated heterocycles. The van der Waals surface area contributed by atoms with E-state index in [1.54, 1.807) is 0 Å². The molecule has 0 aliphatic carbocycles. The second kappa shape index (κ2) is 8.68. The largest absolute Gasteiger partial charge is 0.487 e. The van der Waals surface area contributed by atoms with Gasteiger partial charge >= 0.3 is 0 Å². The number of para-hydroxylation sites is 2. The number of rotatable bonds is 7. The quantitative estimate of drug-likeness (QED) is 0.478. The van der Waals surface area contributed by atoms with E-state index in [1.165, 1.54) is 19.4 Å². The molecule has 178 valence electrons. The van der Waals surface area contributed by atoms with Crippen molar-refractivity contribution in [3.63, 3.8) is 0 Å². The standard InChI is InChI=1S/C26H29N3O4S/c1-16-9-7-10-17(2)23(16)29-34(30,31)22-13-20(15-27-25(22)32-6)28-18(3)21-12-8-11-19-14-26(4,5)33-24(19)21/h7-13,15,28-29H,3,14H2,1-2,4-6H3. The molecule has 0 unspecified atom stereocenters. The van der Waals surface area contributed by atoms with E-state index >= 15 is 0 Å². The minimum absolute atomic E-state index is 0.000542. The normalized spacial score (nSPS) is 14.1. The van der Waals surface area contributed by atoms with E-state index < -0.39 is 10.0 Å². The highest BCUT2D eigenvalue weighted by atomic mass is 32.2. The van der Waals surface area contributed by atoms with Crippen LogP contribution in [0.4, 0.5) is 11.4 Å². The molecule has 1 aliphatic heterocycles. The number of sulfonamides is 1. The highest BCUT2D eigenvalue weighted by molar-refractivity contribution is 7.92. The van der Waals surface area contributed by atoms with E-state index in [-0.39, 0.29) is 16.4 Å². The molecule has 0 fully saturated rings. The summed E-state index contributed by atoms with van der Waals surface area (Å²) in [7, 11) is -2.59. The number of nitrogens with zero attached hydrogens (tertiary/aromatic N) is 1. The topological polar surface area (TPSA) is 89.6 Å². The summed E-state index contributed by atoms with van der Waals surface area (Å²) in [4.78, 5) is 4.14. The van der Waals surface area contributed by atoms with Gasteiger partial charge in [-0.15, -0.1) is 0 Å². The van der Waals surface area contributed by atoms with Crippen LogP contribution < -0.4 is 19.5 Å². The van der Waals surface area contributed by atoms with Gasteiger partial charge in [0.05, 0.1) is 24.7 Å². The lowest BCUT2D eigenvalue weighted by atomic mass is 10.00. The van der Waals surface area contributed by atoms with Crippen molar-refractivity contribution in [2.24, 2.45) is 0 Å². The molecule has 4 rings (SSSR count). The Hall–Kier alpha value is -3.52. The van der Waals surface area contributed by atoms with E-state index in [2.05, 4.69) is 21.6 Å². The average Bonchev–Trinajstić information content (AvgIpc) is 3.10. The maximum absolute atomic E-state index is 13.3. The van der Waals surface area contributed by atoms with Gasteiger partial charge in [0.15, 0.2) is 4.90 Å². The SMILES string of the molecule is C=C(Nc1cnc(OC)c(S(=O)(=O)Nc2c(C)cccc2C)c1)c1cccc2c1OC(C)(C)C2. The molecule has 0 saturated carbocycles. The molecule has 2 heterocycles. The molecule has 0 radical (unpaired) electrons. The lowest BCUT2D eigenvalue weighted by Crippen LogP contribution is -2.24. The van der Waals surface area contributed by atoms with Crippen LogP contribution in [0.3, 0.4) is 0 Å². The lowest BCUT2D eigenvalue weighted by Gasteiger charge is -2.19. The molecule has 0 atom stereocenters. The van der Waals surface area contributed by atoms with Crippen LogP contribution in [0, 0.1) is 13.8 Å². The summed E-state index contributed by atoms with van der Waals surface area (Å²) in [6.45, 7) is 11.9. The number of fused-ring (bicyclic) bond motifs is 1. The Bertz CT molecular complexity index is 1360. The molecule has 2 aromatic carbocycles. The second-order valence-corrected chi connectivity index (χ2v) is 10.7. The van der Waals surface area contributed by atoms with E-state index in [1.807, 2.05) is 64.1 Å². The molecule has 0 amide bonds. The Kier molecular flexibility index (Phi) is 6.03. The fourth-order valence-electron chi connectivity index (χ4n) is 4.11. The Labute approximate surface area is 200 Å². The molecule has 8 heteroatoms. The number of methoxy groups -OCH3 is 1. The van der Waals surface area contributed by atoms with E-state index in [9.17, 15) is 8.42 Å². The van der Waals surface area contributed by atoms with Gasteiger partial charge < -0.3 is 14.8 Å². The molecule has 1 aromatic heterocycles. The van der Waals surface area contributed by atoms with Crippen molar-refractivity contribution in [1.82, 2.24) is 4.98 Å². The van der Waals surface area contributed by atoms with Crippen LogP contribution in [-0.4, -0.2) is 26.1 Å². The number of ether oxygens (including phenoxy) is 2. The van der Waals surface area contributed by atoms with Gasteiger partial charge in [-0.2, -0.15) is 0 Å². The Morgan fingerprint density at radius 1 is 1.15 bits per heavy atom. The minimum atomic E-state index is -3.98. The third-order valence-electron chi connectivity index (χ3n) is 5.73. The zero-order valence-electron chi connectivity index (χ0n) is 20.0. The summed E-state index contributed by atoms with van der Waals surface area (Å²) in [6.07, 6.45) is 2.32. The average molecular weight is 480 g/mol. The van der Waals surface area contributed by atoms with Crippen LogP contribution in [0.15, 0.2) is 60.1 Å².